The van der Waals surface area contributed by atoms with Gasteiger partial charge in [-0.05, 0) is 29.9 Å². The van der Waals surface area contributed by atoms with Crippen LogP contribution in [-0.4, -0.2) is 11.7 Å². The highest BCUT2D eigenvalue weighted by Gasteiger charge is 2.17. The van der Waals surface area contributed by atoms with Crippen molar-refractivity contribution in [2.75, 3.05) is 6.61 Å². The molecular weight excluding hydrogens is 186 g/mol. The molecule has 0 aromatic heterocycles. The lowest BCUT2D eigenvalue weighted by molar-refractivity contribution is 0.268. The zero-order valence-electron chi connectivity index (χ0n) is 9.02. The molecule has 1 aromatic carbocycles. The molecule has 0 heterocycles. The van der Waals surface area contributed by atoms with Crippen molar-refractivity contribution >= 4 is 0 Å². The van der Waals surface area contributed by atoms with E-state index in [0.29, 0.717) is 0 Å². The van der Waals surface area contributed by atoms with E-state index in [-0.39, 0.29) is 12.6 Å². The standard InChI is InChI=1S/C13H19NO/c14-13(9-15)12-7-3-6-11(8-12)10-4-1-2-5-10/h3,6-8,10,13,15H,1-2,4-5,9,14H2. The van der Waals surface area contributed by atoms with Gasteiger partial charge in [0.05, 0.1) is 12.6 Å². The van der Waals surface area contributed by atoms with Crippen molar-refractivity contribution in [1.29, 1.82) is 0 Å². The second kappa shape index (κ2) is 4.77. The van der Waals surface area contributed by atoms with Gasteiger partial charge in [0.1, 0.15) is 0 Å². The topological polar surface area (TPSA) is 46.2 Å². The number of hydrogen-bond acceptors (Lipinski definition) is 2. The van der Waals surface area contributed by atoms with Crippen LogP contribution in [0.25, 0.3) is 0 Å². The summed E-state index contributed by atoms with van der Waals surface area (Å²) in [6.07, 6.45) is 5.30. The Balaban J connectivity index is 2.18. The van der Waals surface area contributed by atoms with Gasteiger partial charge in [0.2, 0.25) is 0 Å². The first-order valence-corrected chi connectivity index (χ1v) is 5.77. The molecule has 2 nitrogen and oxygen atoms in total. The van der Waals surface area contributed by atoms with Gasteiger partial charge in [-0.1, -0.05) is 37.1 Å². The number of benzene rings is 1. The van der Waals surface area contributed by atoms with E-state index in [4.69, 9.17) is 10.8 Å². The van der Waals surface area contributed by atoms with E-state index in [9.17, 15) is 0 Å². The first-order valence-electron chi connectivity index (χ1n) is 5.77. The molecule has 2 rings (SSSR count). The summed E-state index contributed by atoms with van der Waals surface area (Å²) in [6, 6.07) is 8.17. The van der Waals surface area contributed by atoms with Gasteiger partial charge in [0.25, 0.3) is 0 Å². The molecule has 15 heavy (non-hydrogen) atoms. The van der Waals surface area contributed by atoms with Crippen molar-refractivity contribution in [1.82, 2.24) is 0 Å². The van der Waals surface area contributed by atoms with Gasteiger partial charge in [0.15, 0.2) is 0 Å². The first-order chi connectivity index (χ1) is 7.31. The Morgan fingerprint density at radius 1 is 1.33 bits per heavy atom. The van der Waals surface area contributed by atoms with Gasteiger partial charge in [-0.15, -0.1) is 0 Å². The van der Waals surface area contributed by atoms with E-state index in [1.54, 1.807) is 0 Å². The Hall–Kier alpha value is -0.860. The van der Waals surface area contributed by atoms with Crippen LogP contribution in [0.3, 0.4) is 0 Å². The minimum absolute atomic E-state index is 0.0219. The normalized spacial score (nSPS) is 19.3. The van der Waals surface area contributed by atoms with Crippen LogP contribution >= 0.6 is 0 Å². The minimum Gasteiger partial charge on any atom is -0.394 e. The van der Waals surface area contributed by atoms with Crippen LogP contribution in [0.2, 0.25) is 0 Å². The zero-order valence-corrected chi connectivity index (χ0v) is 9.02. The zero-order chi connectivity index (χ0) is 10.7. The molecule has 2 heteroatoms. The van der Waals surface area contributed by atoms with Crippen LogP contribution in [0.1, 0.15) is 48.8 Å². The number of aliphatic hydroxyl groups excluding tert-OH is 1. The van der Waals surface area contributed by atoms with E-state index < -0.39 is 0 Å². The summed E-state index contributed by atoms with van der Waals surface area (Å²) >= 11 is 0. The Morgan fingerprint density at radius 2 is 2.07 bits per heavy atom. The first kappa shape index (κ1) is 10.7. The molecule has 0 saturated heterocycles. The average molecular weight is 205 g/mol. The van der Waals surface area contributed by atoms with Crippen molar-refractivity contribution in [2.45, 2.75) is 37.6 Å². The third kappa shape index (κ3) is 2.39. The molecule has 1 aliphatic rings. The Morgan fingerprint density at radius 3 is 2.73 bits per heavy atom. The highest BCUT2D eigenvalue weighted by Crippen LogP contribution is 2.34. The van der Waals surface area contributed by atoms with E-state index in [2.05, 4.69) is 18.2 Å². The van der Waals surface area contributed by atoms with Crippen LogP contribution in [0.4, 0.5) is 0 Å². The fourth-order valence-corrected chi connectivity index (χ4v) is 2.41. The van der Waals surface area contributed by atoms with Crippen molar-refractivity contribution in [3.8, 4) is 0 Å². The Bertz CT molecular complexity index is 318. The van der Waals surface area contributed by atoms with Gasteiger partial charge in [-0.2, -0.15) is 0 Å². The third-order valence-electron chi connectivity index (χ3n) is 3.36. The molecule has 0 aliphatic heterocycles. The monoisotopic (exact) mass is 205 g/mol. The summed E-state index contributed by atoms with van der Waals surface area (Å²) in [5, 5.41) is 9.02. The molecule has 1 aliphatic carbocycles. The second-order valence-electron chi connectivity index (χ2n) is 4.44. The van der Waals surface area contributed by atoms with Gasteiger partial charge in [0, 0.05) is 0 Å². The largest absolute Gasteiger partial charge is 0.394 e. The Labute approximate surface area is 91.1 Å². The van der Waals surface area contributed by atoms with Crippen LogP contribution in [0.5, 0.6) is 0 Å². The molecular formula is C13H19NO. The van der Waals surface area contributed by atoms with Crippen molar-refractivity contribution in [2.24, 2.45) is 5.73 Å². The van der Waals surface area contributed by atoms with Gasteiger partial charge < -0.3 is 10.8 Å². The molecule has 0 radical (unpaired) electrons. The number of rotatable bonds is 3. The summed E-state index contributed by atoms with van der Waals surface area (Å²) in [7, 11) is 0. The maximum atomic E-state index is 9.02. The summed E-state index contributed by atoms with van der Waals surface area (Å²) in [6.45, 7) is 0.0219. The predicted molar refractivity (Wildman–Crippen MR) is 61.7 cm³/mol. The highest BCUT2D eigenvalue weighted by molar-refractivity contribution is 5.29. The number of nitrogens with two attached hydrogens (primary N) is 1. The molecule has 0 bridgehead atoms. The molecule has 0 amide bonds. The molecule has 0 spiro atoms. The van der Waals surface area contributed by atoms with Gasteiger partial charge >= 0.3 is 0 Å². The Kier molecular flexibility index (Phi) is 3.39. The van der Waals surface area contributed by atoms with E-state index >= 15 is 0 Å². The SMILES string of the molecule is NC(CO)c1cccc(C2CCCC2)c1. The fraction of sp³-hybridized carbons (Fsp3) is 0.538. The van der Waals surface area contributed by atoms with Gasteiger partial charge in [-0.25, -0.2) is 0 Å². The molecule has 82 valence electrons. The quantitative estimate of drug-likeness (QED) is 0.795. The maximum absolute atomic E-state index is 9.02. The minimum atomic E-state index is -0.230. The lowest BCUT2D eigenvalue weighted by Gasteiger charge is -2.14. The summed E-state index contributed by atoms with van der Waals surface area (Å²) in [5.74, 6) is 0.718. The lowest BCUT2D eigenvalue weighted by Crippen LogP contribution is -2.14. The maximum Gasteiger partial charge on any atom is 0.0624 e. The van der Waals surface area contributed by atoms with Gasteiger partial charge in [-0.3, -0.25) is 0 Å². The predicted octanol–water partition coefficient (Wildman–Crippen LogP) is 2.34. The molecule has 1 unspecified atom stereocenters. The lowest BCUT2D eigenvalue weighted by atomic mass is 9.94. The summed E-state index contributed by atoms with van der Waals surface area (Å²) < 4.78 is 0. The van der Waals surface area contributed by atoms with E-state index in [0.717, 1.165) is 11.5 Å². The molecule has 1 fully saturated rings. The van der Waals surface area contributed by atoms with E-state index in [1.165, 1.54) is 31.2 Å². The van der Waals surface area contributed by atoms with Crippen LogP contribution < -0.4 is 5.73 Å². The summed E-state index contributed by atoms with van der Waals surface area (Å²) in [4.78, 5) is 0. The number of hydrogen-bond donors (Lipinski definition) is 2. The molecule has 1 saturated carbocycles. The van der Waals surface area contributed by atoms with E-state index in [1.807, 2.05) is 6.07 Å². The average Bonchev–Trinajstić information content (AvgIpc) is 2.82. The molecule has 3 N–H and O–H groups in total. The number of aliphatic hydroxyl groups is 1. The van der Waals surface area contributed by atoms with Crippen LogP contribution in [-0.2, 0) is 0 Å². The highest BCUT2D eigenvalue weighted by atomic mass is 16.3. The molecule has 1 aromatic rings. The van der Waals surface area contributed by atoms with Crippen molar-refractivity contribution in [3.05, 3.63) is 35.4 Å². The van der Waals surface area contributed by atoms with Crippen LogP contribution in [0.15, 0.2) is 24.3 Å². The second-order valence-corrected chi connectivity index (χ2v) is 4.44. The van der Waals surface area contributed by atoms with Crippen molar-refractivity contribution in [3.63, 3.8) is 0 Å². The molecule has 1 atom stereocenters. The van der Waals surface area contributed by atoms with Crippen molar-refractivity contribution < 1.29 is 5.11 Å². The fourth-order valence-electron chi connectivity index (χ4n) is 2.41. The van der Waals surface area contributed by atoms with Crippen LogP contribution in [0, 0.1) is 0 Å². The third-order valence-corrected chi connectivity index (χ3v) is 3.36. The summed E-state index contributed by atoms with van der Waals surface area (Å²) in [5.41, 5.74) is 8.27. The smallest absolute Gasteiger partial charge is 0.0624 e.